The minimum atomic E-state index is -1.35. The summed E-state index contributed by atoms with van der Waals surface area (Å²) < 4.78 is 31.7. The summed E-state index contributed by atoms with van der Waals surface area (Å²) in [6.45, 7) is 1.61. The van der Waals surface area contributed by atoms with Crippen LogP contribution in [-0.4, -0.2) is 5.11 Å². The Hall–Kier alpha value is -1.39. The molecule has 2 aromatic rings. The normalized spacial score (nSPS) is 12.8. The summed E-state index contributed by atoms with van der Waals surface area (Å²) in [4.78, 5) is 0. The number of aryl methyl sites for hydroxylation is 1. The van der Waals surface area contributed by atoms with E-state index in [1.54, 1.807) is 6.92 Å². The molecule has 1 unspecified atom stereocenters. The van der Waals surface area contributed by atoms with Gasteiger partial charge in [0.2, 0.25) is 0 Å². The fourth-order valence-corrected chi connectivity index (χ4v) is 1.88. The van der Waals surface area contributed by atoms with Crippen LogP contribution in [0.15, 0.2) is 28.9 Å². The van der Waals surface area contributed by atoms with E-state index in [-0.39, 0.29) is 10.6 Å². The highest BCUT2D eigenvalue weighted by Gasteiger charge is 2.23. The molecule has 1 atom stereocenters. The molecule has 0 saturated heterocycles. The van der Waals surface area contributed by atoms with Crippen molar-refractivity contribution >= 4 is 11.6 Å². The molecular formula is C12H9ClF2O2. The molecule has 5 heteroatoms. The average molecular weight is 259 g/mol. The van der Waals surface area contributed by atoms with Crippen LogP contribution in [0.4, 0.5) is 8.78 Å². The van der Waals surface area contributed by atoms with Crippen molar-refractivity contribution in [3.05, 3.63) is 58.0 Å². The Labute approximate surface area is 101 Å². The van der Waals surface area contributed by atoms with E-state index >= 15 is 0 Å². The maximum Gasteiger partial charge on any atom is 0.166 e. The predicted molar refractivity (Wildman–Crippen MR) is 58.9 cm³/mol. The highest BCUT2D eigenvalue weighted by Crippen LogP contribution is 2.33. The number of aliphatic hydroxyl groups is 1. The maximum absolute atomic E-state index is 13.6. The topological polar surface area (TPSA) is 33.4 Å². The van der Waals surface area contributed by atoms with Crippen LogP contribution >= 0.6 is 11.6 Å². The third-order valence-corrected chi connectivity index (χ3v) is 2.88. The van der Waals surface area contributed by atoms with Gasteiger partial charge >= 0.3 is 0 Å². The van der Waals surface area contributed by atoms with E-state index in [4.69, 9.17) is 16.0 Å². The van der Waals surface area contributed by atoms with Gasteiger partial charge in [-0.05, 0) is 25.1 Å². The number of halogens is 3. The Bertz CT molecular complexity index is 551. The Morgan fingerprint density at radius 2 is 2.00 bits per heavy atom. The van der Waals surface area contributed by atoms with Crippen molar-refractivity contribution in [1.82, 2.24) is 0 Å². The first kappa shape index (κ1) is 12.1. The third kappa shape index (κ3) is 2.06. The zero-order chi connectivity index (χ0) is 12.6. The van der Waals surface area contributed by atoms with Crippen LogP contribution in [0.5, 0.6) is 0 Å². The van der Waals surface area contributed by atoms with E-state index in [0.29, 0.717) is 11.3 Å². The molecule has 0 saturated carbocycles. The molecule has 90 valence electrons. The maximum atomic E-state index is 13.6. The molecule has 0 aliphatic carbocycles. The fourth-order valence-electron chi connectivity index (χ4n) is 1.63. The van der Waals surface area contributed by atoms with E-state index in [1.165, 1.54) is 18.4 Å². The smallest absolute Gasteiger partial charge is 0.166 e. The average Bonchev–Trinajstić information content (AvgIpc) is 2.70. The molecule has 0 fully saturated rings. The van der Waals surface area contributed by atoms with Gasteiger partial charge in [-0.15, -0.1) is 0 Å². The van der Waals surface area contributed by atoms with Gasteiger partial charge < -0.3 is 9.52 Å². The van der Waals surface area contributed by atoms with Crippen molar-refractivity contribution in [2.75, 3.05) is 0 Å². The first-order chi connectivity index (χ1) is 8.02. The van der Waals surface area contributed by atoms with Crippen LogP contribution in [0.25, 0.3) is 0 Å². The summed E-state index contributed by atoms with van der Waals surface area (Å²) in [6, 6.07) is 3.60. The van der Waals surface area contributed by atoms with E-state index in [0.717, 1.165) is 6.07 Å². The van der Waals surface area contributed by atoms with Gasteiger partial charge in [-0.25, -0.2) is 8.78 Å². The van der Waals surface area contributed by atoms with Crippen molar-refractivity contribution in [2.45, 2.75) is 13.0 Å². The summed E-state index contributed by atoms with van der Waals surface area (Å²) in [7, 11) is 0. The highest BCUT2D eigenvalue weighted by molar-refractivity contribution is 6.31. The molecular weight excluding hydrogens is 250 g/mol. The van der Waals surface area contributed by atoms with Gasteiger partial charge in [0, 0.05) is 16.1 Å². The summed E-state index contributed by atoms with van der Waals surface area (Å²) in [5.41, 5.74) is 0.0765. The predicted octanol–water partition coefficient (Wildman–Crippen LogP) is 3.60. The number of hydrogen-bond acceptors (Lipinski definition) is 2. The van der Waals surface area contributed by atoms with Gasteiger partial charge in [-0.2, -0.15) is 0 Å². The number of hydrogen-bond donors (Lipinski definition) is 1. The van der Waals surface area contributed by atoms with Crippen molar-refractivity contribution in [1.29, 1.82) is 0 Å². The lowest BCUT2D eigenvalue weighted by molar-refractivity contribution is 0.211. The van der Waals surface area contributed by atoms with Crippen molar-refractivity contribution in [2.24, 2.45) is 0 Å². The minimum absolute atomic E-state index is 0.0306. The number of aliphatic hydroxyl groups excluding tert-OH is 1. The van der Waals surface area contributed by atoms with Crippen LogP contribution in [0.2, 0.25) is 5.02 Å². The molecule has 0 aliphatic heterocycles. The summed E-state index contributed by atoms with van der Waals surface area (Å²) in [5.74, 6) is -1.77. The molecule has 0 bridgehead atoms. The van der Waals surface area contributed by atoms with Crippen LogP contribution < -0.4 is 0 Å². The lowest BCUT2D eigenvalue weighted by atomic mass is 10.0. The molecule has 0 radical (unpaired) electrons. The Kier molecular flexibility index (Phi) is 3.17. The quantitative estimate of drug-likeness (QED) is 0.835. The Morgan fingerprint density at radius 1 is 1.29 bits per heavy atom. The molecule has 1 N–H and O–H groups in total. The van der Waals surface area contributed by atoms with E-state index < -0.39 is 17.7 Å². The minimum Gasteiger partial charge on any atom is -0.469 e. The standard InChI is InChI=1S/C12H9ClF2O2/c1-6-7(4-5-17-6)12(16)10-8(13)2-3-9(14)11(10)15/h2-5,12,16H,1H3. The summed E-state index contributed by atoms with van der Waals surface area (Å²) >= 11 is 5.77. The molecule has 0 spiro atoms. The van der Waals surface area contributed by atoms with Crippen LogP contribution in [0.3, 0.4) is 0 Å². The van der Waals surface area contributed by atoms with Gasteiger partial charge in [0.15, 0.2) is 11.6 Å². The van der Waals surface area contributed by atoms with Gasteiger partial charge in [-0.3, -0.25) is 0 Å². The van der Waals surface area contributed by atoms with E-state index in [1.807, 2.05) is 0 Å². The first-order valence-electron chi connectivity index (χ1n) is 4.88. The number of furan rings is 1. The second-order valence-electron chi connectivity index (χ2n) is 3.59. The summed E-state index contributed by atoms with van der Waals surface area (Å²) in [6.07, 6.45) is 0.0101. The van der Waals surface area contributed by atoms with Crippen molar-refractivity contribution in [3.63, 3.8) is 0 Å². The zero-order valence-electron chi connectivity index (χ0n) is 8.88. The molecule has 17 heavy (non-hydrogen) atoms. The zero-order valence-corrected chi connectivity index (χ0v) is 9.63. The first-order valence-corrected chi connectivity index (χ1v) is 5.25. The second kappa shape index (κ2) is 4.47. The number of benzene rings is 1. The highest BCUT2D eigenvalue weighted by atomic mass is 35.5. The molecule has 0 amide bonds. The lowest BCUT2D eigenvalue weighted by Gasteiger charge is -2.13. The van der Waals surface area contributed by atoms with E-state index in [9.17, 15) is 13.9 Å². The molecule has 1 aromatic heterocycles. The van der Waals surface area contributed by atoms with Gasteiger partial charge in [0.25, 0.3) is 0 Å². The van der Waals surface area contributed by atoms with Gasteiger partial charge in [-0.1, -0.05) is 11.6 Å². The second-order valence-corrected chi connectivity index (χ2v) is 4.00. The van der Waals surface area contributed by atoms with Gasteiger partial charge in [0.05, 0.1) is 6.26 Å². The Balaban J connectivity index is 2.55. The fraction of sp³-hybridized carbons (Fsp3) is 0.167. The van der Waals surface area contributed by atoms with Gasteiger partial charge in [0.1, 0.15) is 11.9 Å². The third-order valence-electron chi connectivity index (χ3n) is 2.55. The van der Waals surface area contributed by atoms with E-state index in [2.05, 4.69) is 0 Å². The van der Waals surface area contributed by atoms with Crippen LogP contribution in [-0.2, 0) is 0 Å². The molecule has 1 heterocycles. The molecule has 0 aliphatic rings. The molecule has 2 rings (SSSR count). The Morgan fingerprint density at radius 3 is 2.59 bits per heavy atom. The van der Waals surface area contributed by atoms with Crippen molar-refractivity contribution < 1.29 is 18.3 Å². The lowest BCUT2D eigenvalue weighted by Crippen LogP contribution is -2.05. The summed E-state index contributed by atoms with van der Waals surface area (Å²) in [5, 5.41) is 9.97. The van der Waals surface area contributed by atoms with Crippen LogP contribution in [0, 0.1) is 18.6 Å². The number of rotatable bonds is 2. The van der Waals surface area contributed by atoms with Crippen LogP contribution in [0.1, 0.15) is 23.0 Å². The largest absolute Gasteiger partial charge is 0.469 e. The van der Waals surface area contributed by atoms with Crippen molar-refractivity contribution in [3.8, 4) is 0 Å². The molecule has 1 aromatic carbocycles. The monoisotopic (exact) mass is 258 g/mol. The molecule has 2 nitrogen and oxygen atoms in total. The SMILES string of the molecule is Cc1occc1C(O)c1c(Cl)ccc(F)c1F.